The van der Waals surface area contributed by atoms with Crippen LogP contribution in [0.2, 0.25) is 0 Å². The number of benzene rings is 1. The van der Waals surface area contributed by atoms with Gasteiger partial charge < -0.3 is 10.6 Å². The van der Waals surface area contributed by atoms with E-state index in [4.69, 9.17) is 0 Å². The first-order chi connectivity index (χ1) is 8.42. The van der Waals surface area contributed by atoms with Crippen molar-refractivity contribution in [2.75, 3.05) is 19.6 Å². The first-order valence-corrected chi connectivity index (χ1v) is 6.94. The molecular formula is C15H22N2. The second-order valence-electron chi connectivity index (χ2n) is 5.47. The Hall–Kier alpha value is -0.860. The van der Waals surface area contributed by atoms with Gasteiger partial charge in [0.1, 0.15) is 0 Å². The van der Waals surface area contributed by atoms with Crippen molar-refractivity contribution in [1.29, 1.82) is 0 Å². The molecule has 0 spiro atoms. The Morgan fingerprint density at radius 3 is 2.71 bits per heavy atom. The molecule has 1 heterocycles. The minimum atomic E-state index is 0.854. The van der Waals surface area contributed by atoms with Crippen LogP contribution in [0.15, 0.2) is 18.2 Å². The van der Waals surface area contributed by atoms with Crippen molar-refractivity contribution in [1.82, 2.24) is 10.6 Å². The van der Waals surface area contributed by atoms with Gasteiger partial charge in [0.15, 0.2) is 0 Å². The first kappa shape index (κ1) is 11.2. The molecule has 2 aliphatic rings. The Morgan fingerprint density at radius 2 is 1.94 bits per heavy atom. The molecule has 1 aliphatic carbocycles. The van der Waals surface area contributed by atoms with Crippen LogP contribution >= 0.6 is 0 Å². The van der Waals surface area contributed by atoms with E-state index in [1.54, 1.807) is 11.1 Å². The number of nitrogens with one attached hydrogen (secondary N) is 2. The van der Waals surface area contributed by atoms with Crippen LogP contribution in [0, 0.1) is 5.92 Å². The molecule has 2 nitrogen and oxygen atoms in total. The van der Waals surface area contributed by atoms with Gasteiger partial charge in [-0.15, -0.1) is 0 Å². The molecule has 3 rings (SSSR count). The van der Waals surface area contributed by atoms with E-state index < -0.39 is 0 Å². The van der Waals surface area contributed by atoms with Gasteiger partial charge in [-0.1, -0.05) is 18.2 Å². The largest absolute Gasteiger partial charge is 0.316 e. The van der Waals surface area contributed by atoms with E-state index in [9.17, 15) is 0 Å². The summed E-state index contributed by atoms with van der Waals surface area (Å²) in [6, 6.07) is 7.06. The Morgan fingerprint density at radius 1 is 1.12 bits per heavy atom. The molecule has 0 saturated carbocycles. The van der Waals surface area contributed by atoms with Crippen molar-refractivity contribution in [3.05, 3.63) is 34.9 Å². The van der Waals surface area contributed by atoms with Gasteiger partial charge in [-0.2, -0.15) is 0 Å². The Bertz CT molecular complexity index is 383. The molecule has 1 fully saturated rings. The summed E-state index contributed by atoms with van der Waals surface area (Å²) in [7, 11) is 0. The smallest absolute Gasteiger partial charge is 0.0205 e. The van der Waals surface area contributed by atoms with Crippen LogP contribution in [0.4, 0.5) is 0 Å². The van der Waals surface area contributed by atoms with Crippen LogP contribution in [0.1, 0.15) is 29.5 Å². The monoisotopic (exact) mass is 230 g/mol. The lowest BCUT2D eigenvalue weighted by Crippen LogP contribution is -2.47. The third kappa shape index (κ3) is 2.70. The number of rotatable bonds is 4. The van der Waals surface area contributed by atoms with Gasteiger partial charge in [0, 0.05) is 26.2 Å². The second kappa shape index (κ2) is 5.19. The van der Waals surface area contributed by atoms with Crippen molar-refractivity contribution < 1.29 is 0 Å². The van der Waals surface area contributed by atoms with Gasteiger partial charge in [-0.05, 0) is 48.3 Å². The molecule has 2 N–H and O–H groups in total. The molecule has 0 unspecified atom stereocenters. The molecule has 1 aromatic rings. The van der Waals surface area contributed by atoms with E-state index in [0.717, 1.165) is 19.0 Å². The average molecular weight is 230 g/mol. The van der Waals surface area contributed by atoms with Crippen LogP contribution in [0.3, 0.4) is 0 Å². The molecule has 0 bridgehead atoms. The second-order valence-corrected chi connectivity index (χ2v) is 5.47. The normalized spacial score (nSPS) is 19.8. The summed E-state index contributed by atoms with van der Waals surface area (Å²) in [5.41, 5.74) is 4.64. The van der Waals surface area contributed by atoms with Crippen LogP contribution < -0.4 is 10.6 Å². The lowest BCUT2D eigenvalue weighted by atomic mass is 9.90. The fraction of sp³-hybridized carbons (Fsp3) is 0.600. The highest BCUT2D eigenvalue weighted by molar-refractivity contribution is 5.33. The van der Waals surface area contributed by atoms with E-state index >= 15 is 0 Å². The minimum Gasteiger partial charge on any atom is -0.316 e. The quantitative estimate of drug-likeness (QED) is 0.825. The van der Waals surface area contributed by atoms with E-state index in [1.807, 2.05) is 0 Å². The van der Waals surface area contributed by atoms with Crippen molar-refractivity contribution >= 4 is 0 Å². The van der Waals surface area contributed by atoms with E-state index in [-0.39, 0.29) is 0 Å². The van der Waals surface area contributed by atoms with Gasteiger partial charge >= 0.3 is 0 Å². The number of fused-ring (bicyclic) bond motifs is 1. The molecule has 92 valence electrons. The third-order valence-electron chi connectivity index (χ3n) is 4.04. The lowest BCUT2D eigenvalue weighted by Gasteiger charge is -2.27. The Labute approximate surface area is 104 Å². The zero-order valence-electron chi connectivity index (χ0n) is 10.5. The van der Waals surface area contributed by atoms with Crippen LogP contribution in [0.5, 0.6) is 0 Å². The summed E-state index contributed by atoms with van der Waals surface area (Å²) in [6.07, 6.45) is 5.32. The first-order valence-electron chi connectivity index (χ1n) is 6.94. The summed E-state index contributed by atoms with van der Waals surface area (Å²) in [6.45, 7) is 4.57. The molecule has 1 saturated heterocycles. The van der Waals surface area contributed by atoms with E-state index in [1.165, 1.54) is 44.3 Å². The summed E-state index contributed by atoms with van der Waals surface area (Å²) in [4.78, 5) is 0. The summed E-state index contributed by atoms with van der Waals surface area (Å²) in [5.74, 6) is 0.854. The SMILES string of the molecule is c1cc2c(cc1CNCC1CNC1)CCCC2. The zero-order chi connectivity index (χ0) is 11.5. The van der Waals surface area contributed by atoms with Gasteiger partial charge in [-0.3, -0.25) is 0 Å². The zero-order valence-corrected chi connectivity index (χ0v) is 10.5. The molecule has 1 aliphatic heterocycles. The van der Waals surface area contributed by atoms with Gasteiger partial charge in [-0.25, -0.2) is 0 Å². The Kier molecular flexibility index (Phi) is 3.44. The fourth-order valence-corrected chi connectivity index (χ4v) is 2.81. The molecule has 0 amide bonds. The van der Waals surface area contributed by atoms with Gasteiger partial charge in [0.05, 0.1) is 0 Å². The molecule has 1 aromatic carbocycles. The predicted octanol–water partition coefficient (Wildman–Crippen LogP) is 1.87. The number of hydrogen-bond donors (Lipinski definition) is 2. The predicted molar refractivity (Wildman–Crippen MR) is 71.2 cm³/mol. The van der Waals surface area contributed by atoms with Crippen molar-refractivity contribution in [2.45, 2.75) is 32.2 Å². The standard InChI is InChI=1S/C15H22N2/c1-2-4-15-7-12(5-6-14(15)3-1)8-16-9-13-10-17-11-13/h5-7,13,16-17H,1-4,8-11H2. The number of aryl methyl sites for hydroxylation is 2. The lowest BCUT2D eigenvalue weighted by molar-refractivity contribution is 0.331. The van der Waals surface area contributed by atoms with E-state index in [0.29, 0.717) is 0 Å². The van der Waals surface area contributed by atoms with Crippen molar-refractivity contribution in [3.63, 3.8) is 0 Å². The Balaban J connectivity index is 1.55. The van der Waals surface area contributed by atoms with Crippen molar-refractivity contribution in [2.24, 2.45) is 5.92 Å². The molecule has 0 radical (unpaired) electrons. The third-order valence-corrected chi connectivity index (χ3v) is 4.04. The molecule has 2 heteroatoms. The highest BCUT2D eigenvalue weighted by atomic mass is 15.0. The summed E-state index contributed by atoms with van der Waals surface area (Å²) >= 11 is 0. The topological polar surface area (TPSA) is 24.1 Å². The minimum absolute atomic E-state index is 0.854. The summed E-state index contributed by atoms with van der Waals surface area (Å²) in [5, 5.41) is 6.88. The molecular weight excluding hydrogens is 208 g/mol. The molecule has 0 aromatic heterocycles. The van der Waals surface area contributed by atoms with Crippen molar-refractivity contribution in [3.8, 4) is 0 Å². The van der Waals surface area contributed by atoms with Gasteiger partial charge in [0.2, 0.25) is 0 Å². The fourth-order valence-electron chi connectivity index (χ4n) is 2.81. The van der Waals surface area contributed by atoms with Crippen LogP contribution in [0.25, 0.3) is 0 Å². The number of hydrogen-bond acceptors (Lipinski definition) is 2. The van der Waals surface area contributed by atoms with E-state index in [2.05, 4.69) is 28.8 Å². The van der Waals surface area contributed by atoms with Crippen LogP contribution in [-0.4, -0.2) is 19.6 Å². The maximum Gasteiger partial charge on any atom is 0.0205 e. The molecule has 17 heavy (non-hydrogen) atoms. The maximum atomic E-state index is 3.57. The van der Waals surface area contributed by atoms with Crippen LogP contribution in [-0.2, 0) is 19.4 Å². The van der Waals surface area contributed by atoms with Gasteiger partial charge in [0.25, 0.3) is 0 Å². The maximum absolute atomic E-state index is 3.57. The highest BCUT2D eigenvalue weighted by Gasteiger charge is 2.15. The summed E-state index contributed by atoms with van der Waals surface area (Å²) < 4.78 is 0. The average Bonchev–Trinajstić information content (AvgIpc) is 2.32. The molecule has 0 atom stereocenters. The highest BCUT2D eigenvalue weighted by Crippen LogP contribution is 2.22.